The lowest BCUT2D eigenvalue weighted by molar-refractivity contribution is 0.0984. The van der Waals surface area contributed by atoms with E-state index in [9.17, 15) is 9.18 Å². The lowest BCUT2D eigenvalue weighted by atomic mass is 10.1. The molecule has 0 spiro atoms. The van der Waals surface area contributed by atoms with Crippen LogP contribution in [0.4, 0.5) is 4.39 Å². The van der Waals surface area contributed by atoms with Crippen molar-refractivity contribution in [2.75, 3.05) is 0 Å². The summed E-state index contributed by atoms with van der Waals surface area (Å²) in [5.74, 6) is -0.115. The number of rotatable bonds is 5. The molecule has 0 saturated carbocycles. The van der Waals surface area contributed by atoms with Crippen molar-refractivity contribution in [3.05, 3.63) is 70.9 Å². The smallest absolute Gasteiger partial charge is 0.172 e. The molecule has 0 aliphatic rings. The van der Waals surface area contributed by atoms with E-state index in [-0.39, 0.29) is 11.6 Å². The van der Waals surface area contributed by atoms with E-state index >= 15 is 0 Å². The van der Waals surface area contributed by atoms with Gasteiger partial charge in [0, 0.05) is 11.1 Å². The predicted octanol–water partition coefficient (Wildman–Crippen LogP) is 5.25. The van der Waals surface area contributed by atoms with E-state index in [1.54, 1.807) is 12.1 Å². The zero-order valence-corrected chi connectivity index (χ0v) is 12.3. The van der Waals surface area contributed by atoms with Crippen LogP contribution in [0.1, 0.15) is 28.1 Å². The molecular weight excluding hydrogens is 283 g/mol. The molecule has 1 nitrogen and oxygen atoms in total. The molecule has 0 N–H and O–H groups in total. The number of carbonyl (C=O) groups excluding carboxylic acids is 1. The molecule has 21 heavy (non-hydrogen) atoms. The highest BCUT2D eigenvalue weighted by Gasteiger charge is 2.10. The third-order valence-corrected chi connectivity index (χ3v) is 4.62. The highest BCUT2D eigenvalue weighted by atomic mass is 32.1. The second-order valence-electron chi connectivity index (χ2n) is 5.06. The largest absolute Gasteiger partial charge is 0.293 e. The Morgan fingerprint density at radius 1 is 1.05 bits per heavy atom. The Kier molecular flexibility index (Phi) is 4.11. The summed E-state index contributed by atoms with van der Waals surface area (Å²) in [6.45, 7) is 0. The third-order valence-electron chi connectivity index (χ3n) is 3.47. The molecule has 0 aliphatic heterocycles. The van der Waals surface area contributed by atoms with Crippen molar-refractivity contribution in [2.24, 2.45) is 0 Å². The highest BCUT2D eigenvalue weighted by Crippen LogP contribution is 2.27. The fraction of sp³-hybridized carbons (Fsp3) is 0.167. The van der Waals surface area contributed by atoms with Gasteiger partial charge in [-0.2, -0.15) is 0 Å². The van der Waals surface area contributed by atoms with E-state index in [4.69, 9.17) is 0 Å². The SMILES string of the molecule is O=C(CCCc1ccccc1)c1cc2cc(F)ccc2s1. The predicted molar refractivity (Wildman–Crippen MR) is 85.5 cm³/mol. The molecule has 0 atom stereocenters. The summed E-state index contributed by atoms with van der Waals surface area (Å²) >= 11 is 1.44. The number of hydrogen-bond donors (Lipinski definition) is 0. The van der Waals surface area contributed by atoms with E-state index < -0.39 is 0 Å². The normalized spacial score (nSPS) is 10.9. The van der Waals surface area contributed by atoms with Gasteiger partial charge in [0.1, 0.15) is 5.82 Å². The molecule has 0 fully saturated rings. The quantitative estimate of drug-likeness (QED) is 0.588. The van der Waals surface area contributed by atoms with Gasteiger partial charge in [-0.1, -0.05) is 30.3 Å². The fourth-order valence-electron chi connectivity index (χ4n) is 2.37. The van der Waals surface area contributed by atoms with Crippen LogP contribution in [-0.2, 0) is 6.42 Å². The molecule has 106 valence electrons. The first kappa shape index (κ1) is 14.0. The van der Waals surface area contributed by atoms with Gasteiger partial charge in [-0.15, -0.1) is 11.3 Å². The summed E-state index contributed by atoms with van der Waals surface area (Å²) in [4.78, 5) is 12.9. The first-order valence-electron chi connectivity index (χ1n) is 6.98. The first-order valence-corrected chi connectivity index (χ1v) is 7.80. The standard InChI is InChI=1S/C18H15FOS/c19-15-9-10-17-14(11-15)12-18(21-17)16(20)8-4-7-13-5-2-1-3-6-13/h1-3,5-6,9-12H,4,7-8H2. The van der Waals surface area contributed by atoms with Gasteiger partial charge in [0.05, 0.1) is 4.88 Å². The highest BCUT2D eigenvalue weighted by molar-refractivity contribution is 7.20. The number of benzene rings is 2. The Morgan fingerprint density at radius 3 is 2.67 bits per heavy atom. The molecule has 0 unspecified atom stereocenters. The Bertz CT molecular complexity index is 761. The molecule has 0 radical (unpaired) electrons. The molecule has 3 rings (SSSR count). The number of carbonyl (C=O) groups is 1. The van der Waals surface area contributed by atoms with Crippen molar-refractivity contribution in [3.63, 3.8) is 0 Å². The van der Waals surface area contributed by atoms with Crippen LogP contribution < -0.4 is 0 Å². The van der Waals surface area contributed by atoms with Gasteiger partial charge in [-0.25, -0.2) is 4.39 Å². The lowest BCUT2D eigenvalue weighted by Crippen LogP contribution is -1.97. The molecule has 0 saturated heterocycles. The Morgan fingerprint density at radius 2 is 1.86 bits per heavy atom. The molecule has 1 heterocycles. The van der Waals surface area contributed by atoms with E-state index in [0.29, 0.717) is 6.42 Å². The average Bonchev–Trinajstić information content (AvgIpc) is 2.91. The van der Waals surface area contributed by atoms with Crippen molar-refractivity contribution in [1.82, 2.24) is 0 Å². The summed E-state index contributed by atoms with van der Waals surface area (Å²) in [6.07, 6.45) is 2.28. The molecule has 0 aliphatic carbocycles. The van der Waals surface area contributed by atoms with E-state index in [1.807, 2.05) is 18.2 Å². The average molecular weight is 298 g/mol. The number of hydrogen-bond acceptors (Lipinski definition) is 2. The monoisotopic (exact) mass is 298 g/mol. The summed E-state index contributed by atoms with van der Waals surface area (Å²) in [5.41, 5.74) is 1.25. The molecule has 0 amide bonds. The van der Waals surface area contributed by atoms with Crippen molar-refractivity contribution >= 4 is 27.2 Å². The van der Waals surface area contributed by atoms with Crippen molar-refractivity contribution in [3.8, 4) is 0 Å². The Labute approximate surface area is 127 Å². The topological polar surface area (TPSA) is 17.1 Å². The molecule has 3 heteroatoms. The van der Waals surface area contributed by atoms with Crippen molar-refractivity contribution in [1.29, 1.82) is 0 Å². The number of Topliss-reactive ketones (excluding diaryl/α,β-unsaturated/α-hetero) is 1. The van der Waals surface area contributed by atoms with Crippen molar-refractivity contribution in [2.45, 2.75) is 19.3 Å². The number of halogens is 1. The number of aryl methyl sites for hydroxylation is 1. The number of thiophene rings is 1. The maximum atomic E-state index is 13.2. The fourth-order valence-corrected chi connectivity index (χ4v) is 3.38. The Hall–Kier alpha value is -2.00. The van der Waals surface area contributed by atoms with Crippen LogP contribution in [0.5, 0.6) is 0 Å². The minimum absolute atomic E-state index is 0.146. The van der Waals surface area contributed by atoms with Gasteiger partial charge >= 0.3 is 0 Å². The van der Waals surface area contributed by atoms with Gasteiger partial charge in [0.25, 0.3) is 0 Å². The molecule has 1 aromatic heterocycles. The van der Waals surface area contributed by atoms with Crippen LogP contribution in [0.3, 0.4) is 0 Å². The summed E-state index contributed by atoms with van der Waals surface area (Å²) in [6, 6.07) is 16.6. The summed E-state index contributed by atoms with van der Waals surface area (Å²) < 4.78 is 14.1. The second kappa shape index (κ2) is 6.19. The van der Waals surface area contributed by atoms with Gasteiger partial charge in [-0.05, 0) is 48.1 Å². The van der Waals surface area contributed by atoms with Crippen LogP contribution in [-0.4, -0.2) is 5.78 Å². The first-order chi connectivity index (χ1) is 10.2. The lowest BCUT2D eigenvalue weighted by Gasteiger charge is -2.00. The van der Waals surface area contributed by atoms with E-state index in [1.165, 1.54) is 29.0 Å². The molecular formula is C18H15FOS. The van der Waals surface area contributed by atoms with Crippen LogP contribution in [0.15, 0.2) is 54.6 Å². The van der Waals surface area contributed by atoms with E-state index in [0.717, 1.165) is 27.8 Å². The van der Waals surface area contributed by atoms with Gasteiger partial charge in [0.15, 0.2) is 5.78 Å². The van der Waals surface area contributed by atoms with Gasteiger partial charge < -0.3 is 0 Å². The zero-order chi connectivity index (χ0) is 14.7. The van der Waals surface area contributed by atoms with Crippen LogP contribution in [0.2, 0.25) is 0 Å². The maximum absolute atomic E-state index is 13.2. The maximum Gasteiger partial charge on any atom is 0.172 e. The van der Waals surface area contributed by atoms with E-state index in [2.05, 4.69) is 12.1 Å². The minimum atomic E-state index is -0.261. The zero-order valence-electron chi connectivity index (χ0n) is 11.5. The summed E-state index contributed by atoms with van der Waals surface area (Å²) in [7, 11) is 0. The third kappa shape index (κ3) is 3.37. The van der Waals surface area contributed by atoms with Crippen LogP contribution in [0, 0.1) is 5.82 Å². The second-order valence-corrected chi connectivity index (χ2v) is 6.14. The molecule has 3 aromatic rings. The summed E-state index contributed by atoms with van der Waals surface area (Å²) in [5, 5.41) is 0.811. The van der Waals surface area contributed by atoms with Gasteiger partial charge in [-0.3, -0.25) is 4.79 Å². The molecule has 0 bridgehead atoms. The Balaban J connectivity index is 1.64. The number of ketones is 1. The van der Waals surface area contributed by atoms with Gasteiger partial charge in [0.2, 0.25) is 0 Å². The minimum Gasteiger partial charge on any atom is -0.293 e. The van der Waals surface area contributed by atoms with Crippen LogP contribution >= 0.6 is 11.3 Å². The number of fused-ring (bicyclic) bond motifs is 1. The van der Waals surface area contributed by atoms with Crippen LogP contribution in [0.25, 0.3) is 10.1 Å². The van der Waals surface area contributed by atoms with Crippen molar-refractivity contribution < 1.29 is 9.18 Å². The molecule has 2 aromatic carbocycles.